The molecular formula is C23H26N2O4. The van der Waals surface area contributed by atoms with Crippen molar-refractivity contribution in [3.63, 3.8) is 0 Å². The van der Waals surface area contributed by atoms with Gasteiger partial charge >= 0.3 is 5.97 Å². The molecule has 152 valence electrons. The maximum Gasteiger partial charge on any atom is 0.303 e. The van der Waals surface area contributed by atoms with Crippen LogP contribution in [0.5, 0.6) is 5.75 Å². The second kappa shape index (κ2) is 9.78. The van der Waals surface area contributed by atoms with Gasteiger partial charge in [0.05, 0.1) is 7.11 Å². The second-order valence-corrected chi connectivity index (χ2v) is 7.02. The summed E-state index contributed by atoms with van der Waals surface area (Å²) in [5.74, 6) is -0.119. The molecule has 3 rings (SSSR count). The predicted molar refractivity (Wildman–Crippen MR) is 112 cm³/mol. The van der Waals surface area contributed by atoms with E-state index in [1.807, 2.05) is 48.7 Å². The van der Waals surface area contributed by atoms with E-state index in [0.717, 1.165) is 27.8 Å². The number of rotatable bonds is 10. The number of H-pyrrole nitrogens is 1. The average molecular weight is 394 g/mol. The first-order valence-corrected chi connectivity index (χ1v) is 9.77. The van der Waals surface area contributed by atoms with Crippen molar-refractivity contribution in [3.05, 3.63) is 65.9 Å². The summed E-state index contributed by atoms with van der Waals surface area (Å²) >= 11 is 0. The van der Waals surface area contributed by atoms with Gasteiger partial charge < -0.3 is 20.1 Å². The van der Waals surface area contributed by atoms with Crippen LogP contribution in [0.4, 0.5) is 0 Å². The Balaban J connectivity index is 1.74. The molecule has 0 bridgehead atoms. The lowest BCUT2D eigenvalue weighted by Gasteiger charge is -2.18. The van der Waals surface area contributed by atoms with Gasteiger partial charge in [-0.05, 0) is 42.2 Å². The van der Waals surface area contributed by atoms with Gasteiger partial charge in [0.1, 0.15) is 5.75 Å². The van der Waals surface area contributed by atoms with Crippen molar-refractivity contribution in [1.82, 2.24) is 10.3 Å². The fraction of sp³-hybridized carbons (Fsp3) is 0.304. The van der Waals surface area contributed by atoms with E-state index in [9.17, 15) is 9.59 Å². The van der Waals surface area contributed by atoms with E-state index in [4.69, 9.17) is 9.84 Å². The quantitative estimate of drug-likeness (QED) is 0.452. The van der Waals surface area contributed by atoms with Crippen LogP contribution in [-0.4, -0.2) is 35.6 Å². The number of carbonyl (C=O) groups is 2. The number of hydrogen-bond acceptors (Lipinski definition) is 3. The molecule has 6 nitrogen and oxygen atoms in total. The number of aromatic amines is 1. The number of unbranched alkanes of at least 4 members (excludes halogenated alkanes) is 1. The van der Waals surface area contributed by atoms with Crippen molar-refractivity contribution in [3.8, 4) is 5.75 Å². The number of carboxylic acids is 1. The largest absolute Gasteiger partial charge is 0.497 e. The summed E-state index contributed by atoms with van der Waals surface area (Å²) in [7, 11) is 1.64. The molecule has 1 aromatic heterocycles. The molecule has 29 heavy (non-hydrogen) atoms. The van der Waals surface area contributed by atoms with Crippen molar-refractivity contribution in [2.45, 2.75) is 31.6 Å². The zero-order valence-corrected chi connectivity index (χ0v) is 16.5. The van der Waals surface area contributed by atoms with Crippen LogP contribution < -0.4 is 10.1 Å². The molecule has 0 spiro atoms. The summed E-state index contributed by atoms with van der Waals surface area (Å²) in [6, 6.07) is 16.0. The highest BCUT2D eigenvalue weighted by atomic mass is 16.5. The third kappa shape index (κ3) is 5.38. The molecule has 0 aliphatic heterocycles. The smallest absolute Gasteiger partial charge is 0.303 e. The fourth-order valence-electron chi connectivity index (χ4n) is 3.49. The number of carbonyl (C=O) groups excluding carboxylic acids is 1. The van der Waals surface area contributed by atoms with E-state index in [-0.39, 0.29) is 18.2 Å². The zero-order chi connectivity index (χ0) is 20.6. The first-order chi connectivity index (χ1) is 14.1. The molecule has 0 saturated carbocycles. The Morgan fingerprint density at radius 1 is 1.07 bits per heavy atom. The maximum atomic E-state index is 12.3. The molecule has 1 atom stereocenters. The summed E-state index contributed by atoms with van der Waals surface area (Å²) in [6.07, 6.45) is 3.50. The normalized spacial score (nSPS) is 11.9. The molecule has 1 amide bonds. The van der Waals surface area contributed by atoms with Gasteiger partial charge in [0, 0.05) is 42.4 Å². The number of ether oxygens (including phenoxy) is 1. The minimum absolute atomic E-state index is 0.0139. The van der Waals surface area contributed by atoms with E-state index in [1.165, 1.54) is 0 Å². The predicted octanol–water partition coefficient (Wildman–Crippen LogP) is 4.07. The highest BCUT2D eigenvalue weighted by Crippen LogP contribution is 2.31. The van der Waals surface area contributed by atoms with Gasteiger partial charge in [0.15, 0.2) is 0 Å². The van der Waals surface area contributed by atoms with Crippen LogP contribution in [0.25, 0.3) is 10.9 Å². The Bertz CT molecular complexity index is 962. The lowest BCUT2D eigenvalue weighted by atomic mass is 9.90. The molecule has 3 aromatic rings. The van der Waals surface area contributed by atoms with Crippen LogP contribution >= 0.6 is 0 Å². The molecule has 1 unspecified atom stereocenters. The van der Waals surface area contributed by atoms with E-state index in [2.05, 4.69) is 16.4 Å². The number of carboxylic acid groups (broad SMARTS) is 1. The monoisotopic (exact) mass is 394 g/mol. The number of hydrogen-bond donors (Lipinski definition) is 3. The van der Waals surface area contributed by atoms with Gasteiger partial charge in [-0.2, -0.15) is 0 Å². The molecule has 3 N–H and O–H groups in total. The maximum absolute atomic E-state index is 12.3. The first-order valence-electron chi connectivity index (χ1n) is 9.77. The Morgan fingerprint density at radius 2 is 1.79 bits per heavy atom. The Labute approximate surface area is 169 Å². The number of nitrogens with one attached hydrogen (secondary N) is 2. The van der Waals surface area contributed by atoms with Crippen LogP contribution in [0.1, 0.15) is 42.7 Å². The number of benzene rings is 2. The Kier molecular flexibility index (Phi) is 6.89. The van der Waals surface area contributed by atoms with E-state index < -0.39 is 5.97 Å². The minimum atomic E-state index is -0.829. The Hall–Kier alpha value is -3.28. The van der Waals surface area contributed by atoms with Crippen LogP contribution in [0.3, 0.4) is 0 Å². The lowest BCUT2D eigenvalue weighted by Crippen LogP contribution is -2.28. The lowest BCUT2D eigenvalue weighted by molar-refractivity contribution is -0.137. The molecule has 1 heterocycles. The zero-order valence-electron chi connectivity index (χ0n) is 16.5. The number of para-hydroxylation sites is 1. The summed E-state index contributed by atoms with van der Waals surface area (Å²) in [5, 5.41) is 12.8. The second-order valence-electron chi connectivity index (χ2n) is 7.02. The van der Waals surface area contributed by atoms with Crippen LogP contribution in [-0.2, 0) is 9.59 Å². The van der Waals surface area contributed by atoms with Gasteiger partial charge in [0.25, 0.3) is 0 Å². The number of fused-ring (bicyclic) bond motifs is 1. The van der Waals surface area contributed by atoms with Gasteiger partial charge in [-0.25, -0.2) is 0 Å². The van der Waals surface area contributed by atoms with Gasteiger partial charge in [0.2, 0.25) is 5.91 Å². The number of aliphatic carboxylic acids is 1. The number of aromatic nitrogens is 1. The highest BCUT2D eigenvalue weighted by molar-refractivity contribution is 5.84. The molecule has 0 fully saturated rings. The van der Waals surface area contributed by atoms with E-state index in [1.54, 1.807) is 7.11 Å². The third-order valence-electron chi connectivity index (χ3n) is 5.06. The SMILES string of the molecule is COc1ccc(C(CNC(=O)CCCCC(=O)O)c2c[nH]c3ccccc23)cc1. The van der Waals surface area contributed by atoms with Gasteiger partial charge in [-0.3, -0.25) is 9.59 Å². The summed E-state index contributed by atoms with van der Waals surface area (Å²) in [6.45, 7) is 0.464. The van der Waals surface area contributed by atoms with Crippen LogP contribution in [0.2, 0.25) is 0 Å². The van der Waals surface area contributed by atoms with Crippen molar-refractivity contribution < 1.29 is 19.4 Å². The third-order valence-corrected chi connectivity index (χ3v) is 5.06. The summed E-state index contributed by atoms with van der Waals surface area (Å²) in [5.41, 5.74) is 3.26. The summed E-state index contributed by atoms with van der Waals surface area (Å²) in [4.78, 5) is 26.2. The van der Waals surface area contributed by atoms with Crippen molar-refractivity contribution in [1.29, 1.82) is 0 Å². The molecule has 0 saturated heterocycles. The standard InChI is InChI=1S/C23H26N2O4/c1-29-17-12-10-16(11-13-17)19(14-25-22(26)8-4-5-9-23(27)28)20-15-24-21-7-3-2-6-18(20)21/h2-3,6-7,10-13,15,19,24H,4-5,8-9,14H2,1H3,(H,25,26)(H,27,28). The van der Waals surface area contributed by atoms with Crippen LogP contribution in [0.15, 0.2) is 54.7 Å². The van der Waals surface area contributed by atoms with E-state index >= 15 is 0 Å². The van der Waals surface area contributed by atoms with Crippen molar-refractivity contribution >= 4 is 22.8 Å². The van der Waals surface area contributed by atoms with Gasteiger partial charge in [-0.15, -0.1) is 0 Å². The van der Waals surface area contributed by atoms with Crippen molar-refractivity contribution in [2.75, 3.05) is 13.7 Å². The fourth-order valence-corrected chi connectivity index (χ4v) is 3.49. The number of methoxy groups -OCH3 is 1. The molecule has 0 radical (unpaired) electrons. The molecule has 6 heteroatoms. The Morgan fingerprint density at radius 3 is 2.52 bits per heavy atom. The minimum Gasteiger partial charge on any atom is -0.497 e. The summed E-state index contributed by atoms with van der Waals surface area (Å²) < 4.78 is 5.26. The van der Waals surface area contributed by atoms with Gasteiger partial charge in [-0.1, -0.05) is 30.3 Å². The number of amides is 1. The highest BCUT2D eigenvalue weighted by Gasteiger charge is 2.19. The van der Waals surface area contributed by atoms with Crippen molar-refractivity contribution in [2.24, 2.45) is 0 Å². The molecular weight excluding hydrogens is 368 g/mol. The average Bonchev–Trinajstić information content (AvgIpc) is 3.16. The van der Waals surface area contributed by atoms with E-state index in [0.29, 0.717) is 25.8 Å². The first kappa shape index (κ1) is 20.5. The molecule has 2 aromatic carbocycles. The molecule has 0 aliphatic rings. The van der Waals surface area contributed by atoms with Crippen LogP contribution in [0, 0.1) is 0 Å². The topological polar surface area (TPSA) is 91.4 Å². The molecule has 0 aliphatic carbocycles.